The van der Waals surface area contributed by atoms with Crippen molar-refractivity contribution >= 4 is 22.8 Å². The zero-order chi connectivity index (χ0) is 20.6. The summed E-state index contributed by atoms with van der Waals surface area (Å²) in [5.74, 6) is -8.55. The molecule has 0 aliphatic rings. The molecule has 3 aromatic rings. The number of rotatable bonds is 5. The van der Waals surface area contributed by atoms with Crippen molar-refractivity contribution in [2.24, 2.45) is 0 Å². The maximum Gasteiger partial charge on any atom is 0.341 e. The van der Waals surface area contributed by atoms with Gasteiger partial charge in [0.1, 0.15) is 11.6 Å². The third-order valence-corrected chi connectivity index (χ3v) is 4.28. The minimum absolute atomic E-state index is 0.217. The number of hydrogen-bond acceptors (Lipinski definition) is 3. The number of aliphatic carboxylic acids is 1. The first-order valence-corrected chi connectivity index (χ1v) is 7.94. The number of nitrogens with zero attached hydrogens (tertiary/aromatic N) is 1. The van der Waals surface area contributed by atoms with Crippen LogP contribution in [0.1, 0.15) is 22.0 Å². The van der Waals surface area contributed by atoms with Crippen molar-refractivity contribution < 1.29 is 33.0 Å². The second kappa shape index (κ2) is 7.18. The minimum atomic E-state index is -1.90. The largest absolute Gasteiger partial charge is 0.480 e. The Bertz CT molecular complexity index is 1160. The van der Waals surface area contributed by atoms with Crippen LogP contribution < -0.4 is 5.43 Å². The van der Waals surface area contributed by atoms with Crippen molar-refractivity contribution in [2.75, 3.05) is 0 Å². The minimum Gasteiger partial charge on any atom is -0.480 e. The molecule has 0 aliphatic carbocycles. The second-order valence-electron chi connectivity index (χ2n) is 6.01. The summed E-state index contributed by atoms with van der Waals surface area (Å²) in [5.41, 5.74) is -2.45. The van der Waals surface area contributed by atoms with Gasteiger partial charge in [0, 0.05) is 12.6 Å². The molecule has 2 aromatic carbocycles. The zero-order valence-electron chi connectivity index (χ0n) is 14.0. The summed E-state index contributed by atoms with van der Waals surface area (Å²) in [7, 11) is 0. The summed E-state index contributed by atoms with van der Waals surface area (Å²) in [6, 6.07) is 6.93. The average molecular weight is 391 g/mol. The van der Waals surface area contributed by atoms with Crippen LogP contribution in [0.5, 0.6) is 0 Å². The van der Waals surface area contributed by atoms with Crippen molar-refractivity contribution in [2.45, 2.75) is 12.5 Å². The fraction of sp³-hybridized carbons (Fsp3) is 0.105. The molecule has 0 amide bonds. The van der Waals surface area contributed by atoms with Gasteiger partial charge in [0.15, 0.2) is 17.5 Å². The Kier molecular flexibility index (Phi) is 4.91. The first-order valence-electron chi connectivity index (χ1n) is 7.94. The van der Waals surface area contributed by atoms with Crippen molar-refractivity contribution in [1.82, 2.24) is 4.57 Å². The summed E-state index contributed by atoms with van der Waals surface area (Å²) in [5, 5.41) is 18.1. The lowest BCUT2D eigenvalue weighted by molar-refractivity contribution is -0.140. The molecule has 0 spiro atoms. The van der Waals surface area contributed by atoms with Gasteiger partial charge in [-0.3, -0.25) is 4.79 Å². The first-order chi connectivity index (χ1) is 13.2. The van der Waals surface area contributed by atoms with Crippen LogP contribution in [0, 0.1) is 17.5 Å². The fourth-order valence-electron chi connectivity index (χ4n) is 2.96. The van der Waals surface area contributed by atoms with E-state index in [-0.39, 0.29) is 6.42 Å². The van der Waals surface area contributed by atoms with Crippen LogP contribution in [-0.4, -0.2) is 26.7 Å². The van der Waals surface area contributed by atoms with E-state index in [9.17, 15) is 37.8 Å². The van der Waals surface area contributed by atoms with Gasteiger partial charge in [-0.15, -0.1) is 0 Å². The van der Waals surface area contributed by atoms with Crippen LogP contribution >= 0.6 is 0 Å². The summed E-state index contributed by atoms with van der Waals surface area (Å²) < 4.78 is 42.6. The van der Waals surface area contributed by atoms with Crippen LogP contribution in [0.15, 0.2) is 47.4 Å². The molecule has 2 N–H and O–H groups in total. The highest BCUT2D eigenvalue weighted by atomic mass is 19.2. The molecule has 0 saturated carbocycles. The Balaban J connectivity index is 2.38. The molecule has 0 fully saturated rings. The fourth-order valence-corrected chi connectivity index (χ4v) is 2.96. The lowest BCUT2D eigenvalue weighted by Crippen LogP contribution is -2.27. The number of carboxylic acid groups (broad SMARTS) is 2. The summed E-state index contributed by atoms with van der Waals surface area (Å²) in [4.78, 5) is 35.5. The second-order valence-corrected chi connectivity index (χ2v) is 6.01. The lowest BCUT2D eigenvalue weighted by atomic mass is 10.0. The Hall–Kier alpha value is -3.62. The Morgan fingerprint density at radius 3 is 2.25 bits per heavy atom. The van der Waals surface area contributed by atoms with E-state index in [1.165, 1.54) is 0 Å². The average Bonchev–Trinajstić information content (AvgIpc) is 2.65. The molecule has 0 radical (unpaired) electrons. The summed E-state index contributed by atoms with van der Waals surface area (Å²) in [6.45, 7) is 0. The molecule has 0 saturated heterocycles. The molecule has 0 aliphatic heterocycles. The Labute approximate surface area is 155 Å². The van der Waals surface area contributed by atoms with Gasteiger partial charge in [0.25, 0.3) is 0 Å². The van der Waals surface area contributed by atoms with Crippen LogP contribution in [-0.2, 0) is 11.2 Å². The van der Waals surface area contributed by atoms with Crippen LogP contribution in [0.3, 0.4) is 0 Å². The molecule has 9 heteroatoms. The molecule has 1 unspecified atom stereocenters. The molecule has 1 aromatic heterocycles. The predicted octanol–water partition coefficient (Wildman–Crippen LogP) is 2.99. The third-order valence-electron chi connectivity index (χ3n) is 4.28. The predicted molar refractivity (Wildman–Crippen MR) is 91.9 cm³/mol. The first kappa shape index (κ1) is 19.2. The number of pyridine rings is 1. The number of aromatic carboxylic acids is 1. The number of halogens is 3. The van der Waals surface area contributed by atoms with Crippen LogP contribution in [0.25, 0.3) is 10.9 Å². The number of carboxylic acids is 2. The normalized spacial score (nSPS) is 12.1. The smallest absolute Gasteiger partial charge is 0.341 e. The van der Waals surface area contributed by atoms with Gasteiger partial charge in [-0.05, 0) is 11.6 Å². The zero-order valence-corrected chi connectivity index (χ0v) is 14.0. The van der Waals surface area contributed by atoms with E-state index in [4.69, 9.17) is 0 Å². The summed E-state index contributed by atoms with van der Waals surface area (Å²) >= 11 is 0. The molecule has 28 heavy (non-hydrogen) atoms. The number of benzene rings is 2. The van der Waals surface area contributed by atoms with Crippen molar-refractivity contribution in [1.29, 1.82) is 0 Å². The van der Waals surface area contributed by atoms with Gasteiger partial charge in [-0.1, -0.05) is 30.3 Å². The SMILES string of the molecule is O=C(O)c1cn(C(Cc2ccccc2)C(=O)O)c2c(F)c(F)c(F)cc2c1=O. The van der Waals surface area contributed by atoms with Crippen molar-refractivity contribution in [3.05, 3.63) is 81.4 Å². The molecular weight excluding hydrogens is 379 g/mol. The van der Waals surface area contributed by atoms with Crippen molar-refractivity contribution in [3.63, 3.8) is 0 Å². The van der Waals surface area contributed by atoms with E-state index in [0.29, 0.717) is 22.4 Å². The van der Waals surface area contributed by atoms with Gasteiger partial charge >= 0.3 is 11.9 Å². The van der Waals surface area contributed by atoms with Gasteiger partial charge in [0.2, 0.25) is 5.43 Å². The highest BCUT2D eigenvalue weighted by Crippen LogP contribution is 2.26. The summed E-state index contributed by atoms with van der Waals surface area (Å²) in [6.07, 6.45) is 0.417. The van der Waals surface area contributed by atoms with E-state index in [0.717, 1.165) is 0 Å². The number of carbonyl (C=O) groups is 2. The topological polar surface area (TPSA) is 96.6 Å². The third kappa shape index (κ3) is 3.22. The Morgan fingerprint density at radius 2 is 1.68 bits per heavy atom. The molecule has 1 heterocycles. The van der Waals surface area contributed by atoms with E-state index in [1.807, 2.05) is 0 Å². The van der Waals surface area contributed by atoms with Crippen molar-refractivity contribution in [3.8, 4) is 0 Å². The van der Waals surface area contributed by atoms with Gasteiger partial charge in [-0.2, -0.15) is 0 Å². The highest BCUT2D eigenvalue weighted by molar-refractivity contribution is 5.93. The molecule has 6 nitrogen and oxygen atoms in total. The maximum atomic E-state index is 14.5. The number of aromatic nitrogens is 1. The monoisotopic (exact) mass is 391 g/mol. The molecule has 0 bridgehead atoms. The molecule has 3 rings (SSSR count). The maximum absolute atomic E-state index is 14.5. The van der Waals surface area contributed by atoms with Crippen LogP contribution in [0.2, 0.25) is 0 Å². The number of fused-ring (bicyclic) bond motifs is 1. The lowest BCUT2D eigenvalue weighted by Gasteiger charge is -2.20. The molecule has 1 atom stereocenters. The van der Waals surface area contributed by atoms with E-state index >= 15 is 0 Å². The van der Waals surface area contributed by atoms with Gasteiger partial charge < -0.3 is 14.8 Å². The molecule has 144 valence electrons. The van der Waals surface area contributed by atoms with E-state index < -0.39 is 57.3 Å². The van der Waals surface area contributed by atoms with E-state index in [1.54, 1.807) is 30.3 Å². The quantitative estimate of drug-likeness (QED) is 0.652. The van der Waals surface area contributed by atoms with Gasteiger partial charge in [-0.25, -0.2) is 22.8 Å². The number of hydrogen-bond donors (Lipinski definition) is 2. The highest BCUT2D eigenvalue weighted by Gasteiger charge is 2.28. The molecular formula is C19H12F3NO5. The van der Waals surface area contributed by atoms with E-state index in [2.05, 4.69) is 0 Å². The Morgan fingerprint density at radius 1 is 1.04 bits per heavy atom. The van der Waals surface area contributed by atoms with Gasteiger partial charge in [0.05, 0.1) is 10.9 Å². The standard InChI is InChI=1S/C19H12F3NO5/c20-12-7-10-16(15(22)14(12)21)23(8-11(17(10)24)18(25)26)13(19(27)28)6-9-4-2-1-3-5-9/h1-5,7-8,13H,6H2,(H,25,26)(H,27,28). The van der Waals surface area contributed by atoms with Crippen LogP contribution in [0.4, 0.5) is 13.2 Å².